The van der Waals surface area contributed by atoms with E-state index in [1.807, 2.05) is 38.1 Å². The average molecular weight is 315 g/mol. The van der Waals surface area contributed by atoms with Crippen LogP contribution in [0.4, 0.5) is 5.13 Å². The largest absolute Gasteiger partial charge is 0.497 e. The van der Waals surface area contributed by atoms with Crippen LogP contribution < -0.4 is 10.1 Å². The molecular formula is C16H17N3O2S. The van der Waals surface area contributed by atoms with Crippen LogP contribution in [0.15, 0.2) is 24.3 Å². The molecule has 2 heterocycles. The third kappa shape index (κ3) is 2.96. The van der Waals surface area contributed by atoms with Crippen molar-refractivity contribution in [2.75, 3.05) is 12.4 Å². The number of hydrogen-bond donors (Lipinski definition) is 2. The van der Waals surface area contributed by atoms with Gasteiger partial charge in [0, 0.05) is 11.4 Å². The highest BCUT2D eigenvalue weighted by Crippen LogP contribution is 2.29. The molecule has 2 N–H and O–H groups in total. The van der Waals surface area contributed by atoms with Crippen LogP contribution in [0.3, 0.4) is 0 Å². The van der Waals surface area contributed by atoms with E-state index in [2.05, 4.69) is 15.3 Å². The number of thiazole rings is 1. The molecule has 0 aliphatic rings. The number of H-pyrrole nitrogens is 1. The SMILES string of the molecule is COc1ccc2nc(NC(=O)Cc3cc(C)[nH]c3C)sc2c1. The van der Waals surface area contributed by atoms with Gasteiger partial charge in [0.2, 0.25) is 5.91 Å². The summed E-state index contributed by atoms with van der Waals surface area (Å²) in [5.74, 6) is 0.723. The highest BCUT2D eigenvalue weighted by Gasteiger charge is 2.11. The van der Waals surface area contributed by atoms with Gasteiger partial charge >= 0.3 is 0 Å². The van der Waals surface area contributed by atoms with Crippen LogP contribution in [-0.4, -0.2) is 23.0 Å². The van der Waals surface area contributed by atoms with Crippen LogP contribution in [0, 0.1) is 13.8 Å². The smallest absolute Gasteiger partial charge is 0.230 e. The van der Waals surface area contributed by atoms with Gasteiger partial charge in [-0.05, 0) is 43.7 Å². The first-order valence-corrected chi connectivity index (χ1v) is 7.76. The Kier molecular flexibility index (Phi) is 3.85. The number of fused-ring (bicyclic) bond motifs is 1. The molecule has 0 fully saturated rings. The van der Waals surface area contributed by atoms with E-state index in [9.17, 15) is 4.79 Å². The molecule has 5 nitrogen and oxygen atoms in total. The number of rotatable bonds is 4. The molecular weight excluding hydrogens is 298 g/mol. The molecule has 1 aromatic carbocycles. The van der Waals surface area contributed by atoms with Crippen molar-refractivity contribution in [2.45, 2.75) is 20.3 Å². The molecule has 0 unspecified atom stereocenters. The minimum atomic E-state index is -0.0619. The first-order chi connectivity index (χ1) is 10.5. The summed E-state index contributed by atoms with van der Waals surface area (Å²) < 4.78 is 6.18. The van der Waals surface area contributed by atoms with E-state index < -0.39 is 0 Å². The molecule has 22 heavy (non-hydrogen) atoms. The summed E-state index contributed by atoms with van der Waals surface area (Å²) in [7, 11) is 1.63. The third-order valence-electron chi connectivity index (χ3n) is 3.45. The van der Waals surface area contributed by atoms with Gasteiger partial charge in [0.15, 0.2) is 5.13 Å². The van der Waals surface area contributed by atoms with Gasteiger partial charge in [-0.3, -0.25) is 4.79 Å². The van der Waals surface area contributed by atoms with Gasteiger partial charge in [0.05, 0.1) is 23.7 Å². The number of methoxy groups -OCH3 is 1. The number of nitrogens with one attached hydrogen (secondary N) is 2. The number of aryl methyl sites for hydroxylation is 2. The zero-order valence-corrected chi connectivity index (χ0v) is 13.5. The van der Waals surface area contributed by atoms with E-state index in [0.717, 1.165) is 32.9 Å². The highest BCUT2D eigenvalue weighted by molar-refractivity contribution is 7.22. The molecule has 3 aromatic rings. The molecule has 0 saturated carbocycles. The Morgan fingerprint density at radius 3 is 2.86 bits per heavy atom. The standard InChI is InChI=1S/C16H17N3O2S/c1-9-6-11(10(2)17-9)7-15(20)19-16-18-13-5-4-12(21-3)8-14(13)22-16/h4-6,8,17H,7H2,1-3H3,(H,18,19,20). The number of nitrogens with zero attached hydrogens (tertiary/aromatic N) is 1. The summed E-state index contributed by atoms with van der Waals surface area (Å²) in [6, 6.07) is 7.67. The molecule has 0 spiro atoms. The van der Waals surface area contributed by atoms with Gasteiger partial charge in [-0.25, -0.2) is 4.98 Å². The van der Waals surface area contributed by atoms with E-state index in [1.165, 1.54) is 11.3 Å². The van der Waals surface area contributed by atoms with Gasteiger partial charge in [-0.1, -0.05) is 11.3 Å². The maximum absolute atomic E-state index is 12.2. The van der Waals surface area contributed by atoms with Crippen LogP contribution >= 0.6 is 11.3 Å². The summed E-state index contributed by atoms with van der Waals surface area (Å²) in [5.41, 5.74) is 3.96. The molecule has 3 rings (SSSR count). The number of aromatic nitrogens is 2. The predicted octanol–water partition coefficient (Wildman–Crippen LogP) is 3.43. The zero-order chi connectivity index (χ0) is 15.7. The minimum Gasteiger partial charge on any atom is -0.497 e. The molecule has 0 atom stereocenters. The van der Waals surface area contributed by atoms with Crippen LogP contribution in [-0.2, 0) is 11.2 Å². The molecule has 0 aliphatic carbocycles. The van der Waals surface area contributed by atoms with E-state index in [0.29, 0.717) is 11.6 Å². The summed E-state index contributed by atoms with van der Waals surface area (Å²) in [6.07, 6.45) is 0.343. The van der Waals surface area contributed by atoms with Crippen molar-refractivity contribution in [3.8, 4) is 5.75 Å². The van der Waals surface area contributed by atoms with Crippen molar-refractivity contribution < 1.29 is 9.53 Å². The van der Waals surface area contributed by atoms with E-state index in [-0.39, 0.29) is 5.91 Å². The Morgan fingerprint density at radius 1 is 1.36 bits per heavy atom. The van der Waals surface area contributed by atoms with E-state index in [4.69, 9.17) is 4.74 Å². The number of aromatic amines is 1. The number of benzene rings is 1. The fraction of sp³-hybridized carbons (Fsp3) is 0.250. The second-order valence-corrected chi connectivity index (χ2v) is 6.21. The molecule has 114 valence electrons. The van der Waals surface area contributed by atoms with Crippen LogP contribution in [0.2, 0.25) is 0 Å². The van der Waals surface area contributed by atoms with Crippen LogP contribution in [0.25, 0.3) is 10.2 Å². The fourth-order valence-corrected chi connectivity index (χ4v) is 3.30. The maximum Gasteiger partial charge on any atom is 0.230 e. The maximum atomic E-state index is 12.2. The number of ether oxygens (including phenoxy) is 1. The predicted molar refractivity (Wildman–Crippen MR) is 88.8 cm³/mol. The van der Waals surface area contributed by atoms with Crippen molar-refractivity contribution in [3.05, 3.63) is 41.2 Å². The summed E-state index contributed by atoms with van der Waals surface area (Å²) in [6.45, 7) is 3.95. The number of anilines is 1. The second kappa shape index (κ2) is 5.81. The third-order valence-corrected chi connectivity index (χ3v) is 4.38. The molecule has 1 amide bonds. The molecule has 0 radical (unpaired) electrons. The van der Waals surface area contributed by atoms with E-state index >= 15 is 0 Å². The fourth-order valence-electron chi connectivity index (χ4n) is 2.39. The van der Waals surface area contributed by atoms with Crippen molar-refractivity contribution in [2.24, 2.45) is 0 Å². The quantitative estimate of drug-likeness (QED) is 0.775. The lowest BCUT2D eigenvalue weighted by molar-refractivity contribution is -0.115. The van der Waals surface area contributed by atoms with Crippen molar-refractivity contribution in [3.63, 3.8) is 0 Å². The lowest BCUT2D eigenvalue weighted by Crippen LogP contribution is -2.14. The minimum absolute atomic E-state index is 0.0619. The normalized spacial score (nSPS) is 10.9. The van der Waals surface area contributed by atoms with Crippen molar-refractivity contribution >= 4 is 32.6 Å². The Morgan fingerprint density at radius 2 is 2.18 bits per heavy atom. The number of carbonyl (C=O) groups is 1. The summed E-state index contributed by atoms with van der Waals surface area (Å²) in [4.78, 5) is 19.8. The first-order valence-electron chi connectivity index (χ1n) is 6.94. The average Bonchev–Trinajstić information content (AvgIpc) is 3.00. The van der Waals surface area contributed by atoms with Crippen LogP contribution in [0.1, 0.15) is 17.0 Å². The Balaban J connectivity index is 1.75. The zero-order valence-electron chi connectivity index (χ0n) is 12.7. The molecule has 0 bridgehead atoms. The molecule has 6 heteroatoms. The monoisotopic (exact) mass is 315 g/mol. The topological polar surface area (TPSA) is 67.0 Å². The molecule has 2 aromatic heterocycles. The van der Waals surface area contributed by atoms with Crippen LogP contribution in [0.5, 0.6) is 5.75 Å². The van der Waals surface area contributed by atoms with Gasteiger partial charge in [-0.15, -0.1) is 0 Å². The Hall–Kier alpha value is -2.34. The molecule has 0 saturated heterocycles. The van der Waals surface area contributed by atoms with Crippen molar-refractivity contribution in [1.82, 2.24) is 9.97 Å². The number of carbonyl (C=O) groups excluding carboxylic acids is 1. The van der Waals surface area contributed by atoms with Gasteiger partial charge in [0.1, 0.15) is 5.75 Å². The molecule has 0 aliphatic heterocycles. The second-order valence-electron chi connectivity index (χ2n) is 5.18. The lowest BCUT2D eigenvalue weighted by atomic mass is 10.2. The van der Waals surface area contributed by atoms with Gasteiger partial charge in [-0.2, -0.15) is 0 Å². The van der Waals surface area contributed by atoms with Gasteiger partial charge < -0.3 is 15.0 Å². The first kappa shape index (κ1) is 14.6. The van der Waals surface area contributed by atoms with Gasteiger partial charge in [0.25, 0.3) is 0 Å². The lowest BCUT2D eigenvalue weighted by Gasteiger charge is -2.00. The van der Waals surface area contributed by atoms with E-state index in [1.54, 1.807) is 7.11 Å². The highest BCUT2D eigenvalue weighted by atomic mass is 32.1. The summed E-state index contributed by atoms with van der Waals surface area (Å²) in [5, 5.41) is 3.48. The number of hydrogen-bond acceptors (Lipinski definition) is 4. The number of amides is 1. The summed E-state index contributed by atoms with van der Waals surface area (Å²) >= 11 is 1.44. The van der Waals surface area contributed by atoms with Crippen molar-refractivity contribution in [1.29, 1.82) is 0 Å². The Labute approximate surface area is 132 Å². The Bertz CT molecular complexity index is 835.